The van der Waals surface area contributed by atoms with Crippen molar-refractivity contribution in [1.82, 2.24) is 0 Å². The molecule has 0 bridgehead atoms. The molecule has 0 saturated heterocycles. The van der Waals surface area contributed by atoms with Crippen LogP contribution < -0.4 is 10.1 Å². The molecular formula is C13H18FNO2. The maximum atomic E-state index is 13.2. The van der Waals surface area contributed by atoms with Gasteiger partial charge >= 0.3 is 0 Å². The normalized spacial score (nSPS) is 23.0. The molecular weight excluding hydrogens is 221 g/mol. The summed E-state index contributed by atoms with van der Waals surface area (Å²) < 4.78 is 23.7. The van der Waals surface area contributed by atoms with Gasteiger partial charge in [0.2, 0.25) is 0 Å². The Kier molecular flexibility index (Phi) is 3.84. The molecule has 1 aromatic carbocycles. The van der Waals surface area contributed by atoms with Gasteiger partial charge in [0.25, 0.3) is 0 Å². The maximum Gasteiger partial charge on any atom is 0.128 e. The predicted octanol–water partition coefficient (Wildman–Crippen LogP) is 2.81. The molecule has 0 unspecified atom stereocenters. The number of anilines is 1. The molecule has 0 amide bonds. The Bertz CT molecular complexity index is 378. The highest BCUT2D eigenvalue weighted by Crippen LogP contribution is 2.28. The molecule has 0 aromatic heterocycles. The summed E-state index contributed by atoms with van der Waals surface area (Å²) >= 11 is 0. The van der Waals surface area contributed by atoms with Crippen LogP contribution in [0.25, 0.3) is 0 Å². The number of hydrogen-bond donors (Lipinski definition) is 1. The summed E-state index contributed by atoms with van der Waals surface area (Å²) in [4.78, 5) is 0. The molecule has 1 aromatic rings. The predicted molar refractivity (Wildman–Crippen MR) is 65.0 cm³/mol. The minimum absolute atomic E-state index is 0.285. The zero-order chi connectivity index (χ0) is 12.3. The number of benzene rings is 1. The average Bonchev–Trinajstić information content (AvgIpc) is 2.25. The first-order valence-electron chi connectivity index (χ1n) is 5.94. The topological polar surface area (TPSA) is 30.5 Å². The van der Waals surface area contributed by atoms with Gasteiger partial charge in [0.1, 0.15) is 11.6 Å². The van der Waals surface area contributed by atoms with Gasteiger partial charge in [0.15, 0.2) is 0 Å². The summed E-state index contributed by atoms with van der Waals surface area (Å²) in [6, 6.07) is 5.03. The van der Waals surface area contributed by atoms with E-state index in [1.807, 2.05) is 6.92 Å². The Morgan fingerprint density at radius 2 is 2.12 bits per heavy atom. The van der Waals surface area contributed by atoms with E-state index in [-0.39, 0.29) is 5.82 Å². The van der Waals surface area contributed by atoms with Gasteiger partial charge in [-0.15, -0.1) is 0 Å². The number of methoxy groups -OCH3 is 1. The largest absolute Gasteiger partial charge is 0.497 e. The number of halogens is 1. The molecule has 4 heteroatoms. The summed E-state index contributed by atoms with van der Waals surface area (Å²) in [6.45, 7) is 2.75. The van der Waals surface area contributed by atoms with E-state index in [1.54, 1.807) is 6.07 Å². The molecule has 0 aliphatic heterocycles. The van der Waals surface area contributed by atoms with Gasteiger partial charge in [0, 0.05) is 30.5 Å². The third kappa shape index (κ3) is 3.09. The molecule has 0 spiro atoms. The average molecular weight is 239 g/mol. The SMILES string of the molecule is CCOC1CC(Nc2cc(F)cc(OC)c2)C1. The van der Waals surface area contributed by atoms with Gasteiger partial charge in [-0.3, -0.25) is 0 Å². The van der Waals surface area contributed by atoms with Crippen molar-refractivity contribution < 1.29 is 13.9 Å². The Labute approximate surface area is 101 Å². The van der Waals surface area contributed by atoms with Crippen molar-refractivity contribution in [3.63, 3.8) is 0 Å². The van der Waals surface area contributed by atoms with E-state index in [2.05, 4.69) is 5.32 Å². The van der Waals surface area contributed by atoms with Crippen LogP contribution in [0.4, 0.5) is 10.1 Å². The summed E-state index contributed by atoms with van der Waals surface area (Å²) in [5, 5.41) is 3.28. The van der Waals surface area contributed by atoms with Gasteiger partial charge in [-0.1, -0.05) is 0 Å². The van der Waals surface area contributed by atoms with Crippen molar-refractivity contribution in [2.75, 3.05) is 19.0 Å². The fourth-order valence-corrected chi connectivity index (χ4v) is 2.05. The third-order valence-corrected chi connectivity index (χ3v) is 2.97. The van der Waals surface area contributed by atoms with E-state index in [4.69, 9.17) is 9.47 Å². The number of ether oxygens (including phenoxy) is 2. The lowest BCUT2D eigenvalue weighted by Crippen LogP contribution is -2.40. The van der Waals surface area contributed by atoms with Crippen molar-refractivity contribution in [1.29, 1.82) is 0 Å². The second kappa shape index (κ2) is 5.36. The van der Waals surface area contributed by atoms with Crippen molar-refractivity contribution >= 4 is 5.69 Å². The fraction of sp³-hybridized carbons (Fsp3) is 0.538. The van der Waals surface area contributed by atoms with E-state index >= 15 is 0 Å². The zero-order valence-corrected chi connectivity index (χ0v) is 10.2. The molecule has 1 saturated carbocycles. The zero-order valence-electron chi connectivity index (χ0n) is 10.2. The Hall–Kier alpha value is -1.29. The molecule has 1 aliphatic carbocycles. The van der Waals surface area contributed by atoms with E-state index in [9.17, 15) is 4.39 Å². The second-order valence-corrected chi connectivity index (χ2v) is 4.27. The van der Waals surface area contributed by atoms with Crippen LogP contribution in [0, 0.1) is 5.82 Å². The van der Waals surface area contributed by atoms with E-state index in [1.165, 1.54) is 19.2 Å². The maximum absolute atomic E-state index is 13.2. The van der Waals surface area contributed by atoms with Gasteiger partial charge in [0.05, 0.1) is 13.2 Å². The Morgan fingerprint density at radius 3 is 2.76 bits per heavy atom. The van der Waals surface area contributed by atoms with Gasteiger partial charge in [-0.25, -0.2) is 4.39 Å². The molecule has 0 radical (unpaired) electrons. The summed E-state index contributed by atoms with van der Waals surface area (Å²) in [7, 11) is 1.53. The van der Waals surface area contributed by atoms with Crippen LogP contribution in [0.5, 0.6) is 5.75 Å². The van der Waals surface area contributed by atoms with Crippen molar-refractivity contribution in [2.45, 2.75) is 31.9 Å². The smallest absolute Gasteiger partial charge is 0.128 e. The summed E-state index contributed by atoms with van der Waals surface area (Å²) in [6.07, 6.45) is 2.31. The highest BCUT2D eigenvalue weighted by molar-refractivity contribution is 5.49. The molecule has 94 valence electrons. The van der Waals surface area contributed by atoms with E-state index < -0.39 is 0 Å². The minimum Gasteiger partial charge on any atom is -0.497 e. The third-order valence-electron chi connectivity index (χ3n) is 2.97. The molecule has 1 N–H and O–H groups in total. The number of hydrogen-bond acceptors (Lipinski definition) is 3. The van der Waals surface area contributed by atoms with Crippen LogP contribution >= 0.6 is 0 Å². The fourth-order valence-electron chi connectivity index (χ4n) is 2.05. The van der Waals surface area contributed by atoms with E-state index in [0.717, 1.165) is 25.1 Å². The monoisotopic (exact) mass is 239 g/mol. The molecule has 3 nitrogen and oxygen atoms in total. The standard InChI is InChI=1S/C13H18FNO2/c1-3-17-13-7-11(8-13)15-10-4-9(14)5-12(6-10)16-2/h4-6,11,13,15H,3,7-8H2,1-2H3. The first kappa shape index (κ1) is 12.2. The molecule has 2 rings (SSSR count). The van der Waals surface area contributed by atoms with Crippen LogP contribution in [0.1, 0.15) is 19.8 Å². The highest BCUT2D eigenvalue weighted by atomic mass is 19.1. The van der Waals surface area contributed by atoms with Gasteiger partial charge in [-0.2, -0.15) is 0 Å². The lowest BCUT2D eigenvalue weighted by Gasteiger charge is -2.36. The van der Waals surface area contributed by atoms with Crippen molar-refractivity contribution in [2.24, 2.45) is 0 Å². The lowest BCUT2D eigenvalue weighted by molar-refractivity contribution is 0.00299. The Balaban J connectivity index is 1.89. The first-order chi connectivity index (χ1) is 8.21. The van der Waals surface area contributed by atoms with Crippen LogP contribution in [0.2, 0.25) is 0 Å². The van der Waals surface area contributed by atoms with Crippen LogP contribution in [-0.4, -0.2) is 25.9 Å². The minimum atomic E-state index is -0.285. The lowest BCUT2D eigenvalue weighted by atomic mass is 9.89. The van der Waals surface area contributed by atoms with Crippen LogP contribution in [0.3, 0.4) is 0 Å². The van der Waals surface area contributed by atoms with Crippen LogP contribution in [0.15, 0.2) is 18.2 Å². The molecule has 1 fully saturated rings. The number of nitrogens with one attached hydrogen (secondary N) is 1. The molecule has 1 aliphatic rings. The molecule has 17 heavy (non-hydrogen) atoms. The van der Waals surface area contributed by atoms with Crippen LogP contribution in [-0.2, 0) is 4.74 Å². The first-order valence-corrected chi connectivity index (χ1v) is 5.94. The number of rotatable bonds is 5. The molecule has 0 heterocycles. The second-order valence-electron chi connectivity index (χ2n) is 4.27. The Morgan fingerprint density at radius 1 is 1.35 bits per heavy atom. The van der Waals surface area contributed by atoms with Crippen molar-refractivity contribution in [3.05, 3.63) is 24.0 Å². The van der Waals surface area contributed by atoms with E-state index in [0.29, 0.717) is 17.9 Å². The summed E-state index contributed by atoms with van der Waals surface area (Å²) in [5.74, 6) is 0.251. The van der Waals surface area contributed by atoms with Gasteiger partial charge in [-0.05, 0) is 25.8 Å². The van der Waals surface area contributed by atoms with Crippen molar-refractivity contribution in [3.8, 4) is 5.75 Å². The molecule has 0 atom stereocenters. The quantitative estimate of drug-likeness (QED) is 0.857. The summed E-state index contributed by atoms with van der Waals surface area (Å²) in [5.41, 5.74) is 0.766. The highest BCUT2D eigenvalue weighted by Gasteiger charge is 2.29. The van der Waals surface area contributed by atoms with Gasteiger partial charge < -0.3 is 14.8 Å².